The minimum absolute atomic E-state index is 0. The summed E-state index contributed by atoms with van der Waals surface area (Å²) in [7, 11) is 0. The van der Waals surface area contributed by atoms with Crippen molar-refractivity contribution in [3.63, 3.8) is 0 Å². The van der Waals surface area contributed by atoms with E-state index < -0.39 is 42.2 Å². The van der Waals surface area contributed by atoms with Crippen molar-refractivity contribution >= 4 is 91.0 Å². The number of rotatable bonds is 6. The molecule has 5 rings (SSSR count). The van der Waals surface area contributed by atoms with Gasteiger partial charge in [-0.3, -0.25) is 33.7 Å². The summed E-state index contributed by atoms with van der Waals surface area (Å²) in [5.41, 5.74) is 1.31. The van der Waals surface area contributed by atoms with Gasteiger partial charge in [0, 0.05) is 40.6 Å². The molecule has 4 N–H and O–H groups in total. The second-order valence-electron chi connectivity index (χ2n) is 10.1. The SMILES string of the molecule is C.C.C.C.CC(=O)OC(C)=O.O=C(Nc1ccc(Br)cc1)NC1CC1.O=C(O)CC(=O)O.O=C1CC(=O)N(C2CC2)C(=O)N1c1ccc(Br)cc1. The fourth-order valence-electron chi connectivity index (χ4n) is 3.60. The number of carbonyl (C=O) groups is 8. The molecule has 0 atom stereocenters. The molecule has 3 fully saturated rings. The standard InChI is InChI=1S/C13H11BrN2O3.C10H11BrN2O.C4H6O3.C3H4O4.4CH4/c14-8-1-3-9(4-2-8)15-11(17)7-12(18)16(13(15)19)10-5-6-10;11-7-1-3-8(4-2-7)12-10(14)13-9-5-6-9;1-3(5)7-4(2)6;4-2(5)1-3(6)7;;;;/h1-4,10H,5-7H2;1-4,9H,5-6H2,(H2,12,13,14);1-2H3;1H2,(H,4,5)(H,6,7);4*1H4. The van der Waals surface area contributed by atoms with E-state index in [1.807, 2.05) is 24.3 Å². The number of nitrogens with zero attached hydrogens (tertiary/aromatic N) is 2. The van der Waals surface area contributed by atoms with E-state index in [2.05, 4.69) is 47.2 Å². The Morgan fingerprint density at radius 2 is 1.20 bits per heavy atom. The topological polar surface area (TPSA) is 217 Å². The Balaban J connectivity index is -0.000000641. The third-order valence-corrected chi connectivity index (χ3v) is 6.88. The average molecular weight is 849 g/mol. The molecule has 3 aliphatic rings. The Morgan fingerprint density at radius 1 is 0.745 bits per heavy atom. The zero-order chi connectivity index (χ0) is 35.3. The smallest absolute Gasteiger partial charge is 0.338 e. The van der Waals surface area contributed by atoms with Crippen molar-refractivity contribution in [2.45, 2.75) is 94.2 Å². The van der Waals surface area contributed by atoms with Gasteiger partial charge in [0.25, 0.3) is 0 Å². The van der Waals surface area contributed by atoms with Gasteiger partial charge in [-0.1, -0.05) is 61.6 Å². The molecule has 0 unspecified atom stereocenters. The number of nitrogens with one attached hydrogen (secondary N) is 2. The van der Waals surface area contributed by atoms with Crippen molar-refractivity contribution in [2.75, 3.05) is 10.2 Å². The highest BCUT2D eigenvalue weighted by molar-refractivity contribution is 9.10. The molecule has 2 aromatic carbocycles. The molecule has 1 saturated heterocycles. The molecule has 6 amide bonds. The first-order valence-electron chi connectivity index (χ1n) is 14.0. The highest BCUT2D eigenvalue weighted by Gasteiger charge is 2.45. The van der Waals surface area contributed by atoms with Crippen molar-refractivity contribution in [2.24, 2.45) is 0 Å². The molecule has 284 valence electrons. The van der Waals surface area contributed by atoms with Crippen LogP contribution in [0.25, 0.3) is 0 Å². The minimum Gasteiger partial charge on any atom is -0.481 e. The Bertz CT molecular complexity index is 1440. The highest BCUT2D eigenvalue weighted by atomic mass is 79.9. The summed E-state index contributed by atoms with van der Waals surface area (Å²) in [5, 5.41) is 21.0. The molecule has 15 nitrogen and oxygen atoms in total. The van der Waals surface area contributed by atoms with Gasteiger partial charge < -0.3 is 25.6 Å². The van der Waals surface area contributed by atoms with Crippen molar-refractivity contribution < 1.29 is 53.3 Å². The van der Waals surface area contributed by atoms with Crippen LogP contribution in [-0.2, 0) is 33.5 Å². The fraction of sp³-hybridized carbons (Fsp3) is 0.412. The maximum atomic E-state index is 12.3. The van der Waals surface area contributed by atoms with E-state index in [4.69, 9.17) is 10.2 Å². The van der Waals surface area contributed by atoms with Gasteiger partial charge in [0.2, 0.25) is 11.8 Å². The molecule has 0 bridgehead atoms. The van der Waals surface area contributed by atoms with E-state index in [9.17, 15) is 38.4 Å². The summed E-state index contributed by atoms with van der Waals surface area (Å²) < 4.78 is 5.84. The fourth-order valence-corrected chi connectivity index (χ4v) is 4.13. The van der Waals surface area contributed by atoms with Gasteiger partial charge in [0.15, 0.2) is 0 Å². The number of barbiturate groups is 1. The first-order chi connectivity index (χ1) is 22.1. The largest absolute Gasteiger partial charge is 0.481 e. The van der Waals surface area contributed by atoms with E-state index >= 15 is 0 Å². The van der Waals surface area contributed by atoms with Crippen molar-refractivity contribution in [3.8, 4) is 0 Å². The number of aliphatic carboxylic acids is 2. The number of anilines is 2. The number of carbonyl (C=O) groups excluding carboxylic acids is 6. The second-order valence-corrected chi connectivity index (χ2v) is 11.9. The Labute approximate surface area is 315 Å². The van der Waals surface area contributed by atoms with Crippen LogP contribution >= 0.6 is 31.9 Å². The summed E-state index contributed by atoms with van der Waals surface area (Å²) in [6.07, 6.45) is 2.83. The number of hydrogen-bond donors (Lipinski definition) is 4. The van der Waals surface area contributed by atoms with Crippen LogP contribution in [-0.4, -0.2) is 75.0 Å². The first kappa shape index (κ1) is 50.7. The number of hydrogen-bond acceptors (Lipinski definition) is 9. The summed E-state index contributed by atoms with van der Waals surface area (Å²) >= 11 is 6.64. The molecular weight excluding hydrogens is 800 g/mol. The molecule has 2 saturated carbocycles. The number of benzene rings is 2. The number of carboxylic acids is 2. The number of ether oxygens (including phenoxy) is 1. The third kappa shape index (κ3) is 20.0. The predicted molar refractivity (Wildman–Crippen MR) is 200 cm³/mol. The van der Waals surface area contributed by atoms with Crippen molar-refractivity contribution in [1.82, 2.24) is 10.2 Å². The van der Waals surface area contributed by atoms with Gasteiger partial charge in [-0.15, -0.1) is 0 Å². The number of carboxylic acid groups (broad SMARTS) is 2. The molecule has 0 aromatic heterocycles. The summed E-state index contributed by atoms with van der Waals surface area (Å²) in [6, 6.07) is 14.1. The van der Waals surface area contributed by atoms with Crippen LogP contribution in [0.3, 0.4) is 0 Å². The van der Waals surface area contributed by atoms with E-state index in [-0.39, 0.29) is 54.1 Å². The number of amides is 6. The van der Waals surface area contributed by atoms with E-state index in [1.165, 1.54) is 18.7 Å². The third-order valence-electron chi connectivity index (χ3n) is 5.82. The highest BCUT2D eigenvalue weighted by Crippen LogP contribution is 2.32. The molecule has 2 aliphatic carbocycles. The van der Waals surface area contributed by atoms with Crippen molar-refractivity contribution in [3.05, 3.63) is 57.5 Å². The lowest BCUT2D eigenvalue weighted by Gasteiger charge is -2.32. The monoisotopic (exact) mass is 846 g/mol. The summed E-state index contributed by atoms with van der Waals surface area (Å²) in [5.74, 6) is -4.60. The van der Waals surface area contributed by atoms with Gasteiger partial charge in [-0.05, 0) is 74.2 Å². The second kappa shape index (κ2) is 24.5. The molecule has 1 heterocycles. The first-order valence-corrected chi connectivity index (χ1v) is 15.6. The number of imide groups is 2. The lowest BCUT2D eigenvalue weighted by atomic mass is 10.2. The summed E-state index contributed by atoms with van der Waals surface area (Å²) in [4.78, 5) is 88.1. The zero-order valence-corrected chi connectivity index (χ0v) is 28.4. The number of esters is 2. The van der Waals surface area contributed by atoms with Gasteiger partial charge >= 0.3 is 35.9 Å². The van der Waals surface area contributed by atoms with Crippen LogP contribution in [0.5, 0.6) is 0 Å². The number of halogens is 2. The predicted octanol–water partition coefficient (Wildman–Crippen LogP) is 7.22. The number of urea groups is 2. The Kier molecular flexibility index (Phi) is 24.4. The minimum atomic E-state index is -1.31. The van der Waals surface area contributed by atoms with Crippen LogP contribution in [0.2, 0.25) is 0 Å². The maximum absolute atomic E-state index is 12.3. The van der Waals surface area contributed by atoms with Crippen LogP contribution in [0, 0.1) is 0 Å². The molecule has 0 spiro atoms. The molecule has 51 heavy (non-hydrogen) atoms. The molecule has 17 heteroatoms. The van der Waals surface area contributed by atoms with Crippen LogP contribution in [0.15, 0.2) is 57.5 Å². The molecule has 2 aromatic rings. The molecular formula is C34H48Br2N4O11. The van der Waals surface area contributed by atoms with Crippen LogP contribution in [0.4, 0.5) is 21.0 Å². The van der Waals surface area contributed by atoms with Gasteiger partial charge in [0.1, 0.15) is 12.8 Å². The van der Waals surface area contributed by atoms with Gasteiger partial charge in [0.05, 0.1) is 5.69 Å². The zero-order valence-electron chi connectivity index (χ0n) is 25.2. The van der Waals surface area contributed by atoms with Gasteiger partial charge in [-0.2, -0.15) is 0 Å². The van der Waals surface area contributed by atoms with E-state index in [1.54, 1.807) is 24.3 Å². The van der Waals surface area contributed by atoms with Gasteiger partial charge in [-0.25, -0.2) is 14.5 Å². The van der Waals surface area contributed by atoms with Crippen LogP contribution in [0.1, 0.15) is 82.1 Å². The van der Waals surface area contributed by atoms with Crippen molar-refractivity contribution in [1.29, 1.82) is 0 Å². The molecule has 1 aliphatic heterocycles. The quantitative estimate of drug-likeness (QED) is 0.168. The maximum Gasteiger partial charge on any atom is 0.338 e. The van der Waals surface area contributed by atoms with E-state index in [0.29, 0.717) is 11.7 Å². The Morgan fingerprint density at radius 3 is 1.55 bits per heavy atom. The molecule has 0 radical (unpaired) electrons. The van der Waals surface area contributed by atoms with Crippen LogP contribution < -0.4 is 15.5 Å². The summed E-state index contributed by atoms with van der Waals surface area (Å²) in [6.45, 7) is 2.36. The lowest BCUT2D eigenvalue weighted by molar-refractivity contribution is -0.156. The Hall–Kier alpha value is -4.64. The normalized spacial score (nSPS) is 13.8. The average Bonchev–Trinajstić information content (AvgIpc) is 3.88. The van der Waals surface area contributed by atoms with E-state index in [0.717, 1.165) is 45.2 Å². The lowest BCUT2D eigenvalue weighted by Crippen LogP contribution is -2.56.